The van der Waals surface area contributed by atoms with E-state index in [0.29, 0.717) is 32.9 Å². The lowest BCUT2D eigenvalue weighted by molar-refractivity contribution is -0.128. The molecule has 48 heavy (non-hydrogen) atoms. The topological polar surface area (TPSA) is 84.3 Å². The number of benzene rings is 5. The molecule has 2 amide bonds. The molecule has 1 unspecified atom stereocenters. The summed E-state index contributed by atoms with van der Waals surface area (Å²) in [6.07, 6.45) is 1.76. The lowest BCUT2D eigenvalue weighted by Gasteiger charge is -2.24. The lowest BCUT2D eigenvalue weighted by Crippen LogP contribution is -2.44. The number of rotatable bonds is 6. The standard InChI is InChI=1S/C38H26BrFN4O3S/c1-23-10-12-24(13-11-23)34-41-32-9-5-3-7-30(32)36(46)43(34)29-20-16-25(17-21-29)35(45)42-44-37(47)33(22-27-6-2-4-8-31(27)39)48-38(44)26-14-18-28(40)19-15-26/h2-22,38H,1H3,(H,42,45)/b33-22-. The first kappa shape index (κ1) is 31.3. The minimum absolute atomic E-state index is 0.237. The summed E-state index contributed by atoms with van der Waals surface area (Å²) < 4.78 is 16.1. The number of fused-ring (bicyclic) bond motifs is 1. The van der Waals surface area contributed by atoms with E-state index in [2.05, 4.69) is 21.4 Å². The molecule has 5 aromatic carbocycles. The van der Waals surface area contributed by atoms with Gasteiger partial charge < -0.3 is 0 Å². The van der Waals surface area contributed by atoms with Gasteiger partial charge in [-0.15, -0.1) is 0 Å². The Morgan fingerprint density at radius 1 is 0.875 bits per heavy atom. The number of aryl methyl sites for hydroxylation is 1. The van der Waals surface area contributed by atoms with Crippen LogP contribution < -0.4 is 11.0 Å². The van der Waals surface area contributed by atoms with Crippen LogP contribution in [-0.2, 0) is 4.79 Å². The Morgan fingerprint density at radius 2 is 1.56 bits per heavy atom. The Bertz CT molecular complexity index is 2290. The van der Waals surface area contributed by atoms with Crippen molar-refractivity contribution in [2.75, 3.05) is 0 Å². The van der Waals surface area contributed by atoms with Crippen LogP contribution in [0.1, 0.15) is 32.4 Å². The molecule has 0 saturated carbocycles. The van der Waals surface area contributed by atoms with Gasteiger partial charge in [0.15, 0.2) is 0 Å². The fraction of sp³-hybridized carbons (Fsp3) is 0.0526. The number of carbonyl (C=O) groups is 2. The van der Waals surface area contributed by atoms with Gasteiger partial charge >= 0.3 is 0 Å². The van der Waals surface area contributed by atoms with Crippen LogP contribution in [0.4, 0.5) is 4.39 Å². The zero-order chi connectivity index (χ0) is 33.4. The molecule has 0 spiro atoms. The quantitative estimate of drug-likeness (QED) is 0.176. The SMILES string of the molecule is Cc1ccc(-c2nc3ccccc3c(=O)n2-c2ccc(C(=O)NN3C(=O)/C(=C/c4ccccc4Br)SC3c3ccc(F)cc3)cc2)cc1. The van der Waals surface area contributed by atoms with Crippen LogP contribution in [0.15, 0.2) is 135 Å². The monoisotopic (exact) mass is 716 g/mol. The van der Waals surface area contributed by atoms with Gasteiger partial charge in [-0.2, -0.15) is 0 Å². The minimum Gasteiger partial charge on any atom is -0.268 e. The molecular formula is C38H26BrFN4O3S. The fourth-order valence-corrected chi connectivity index (χ4v) is 7.02. The molecule has 1 aromatic heterocycles. The molecule has 6 aromatic rings. The van der Waals surface area contributed by atoms with Crippen LogP contribution in [0.2, 0.25) is 0 Å². The smallest absolute Gasteiger partial charge is 0.268 e. The molecular weight excluding hydrogens is 691 g/mol. The predicted octanol–water partition coefficient (Wildman–Crippen LogP) is 8.22. The molecule has 0 aliphatic carbocycles. The highest BCUT2D eigenvalue weighted by Gasteiger charge is 2.39. The number of nitrogens with one attached hydrogen (secondary N) is 1. The van der Waals surface area contributed by atoms with Crippen molar-refractivity contribution in [3.63, 3.8) is 0 Å². The van der Waals surface area contributed by atoms with Crippen LogP contribution >= 0.6 is 27.7 Å². The Kier molecular flexibility index (Phi) is 8.51. The number of hydrogen-bond acceptors (Lipinski definition) is 5. The van der Waals surface area contributed by atoms with Crippen molar-refractivity contribution in [3.05, 3.63) is 169 Å². The number of halogens is 2. The maximum absolute atomic E-state index is 13.8. The summed E-state index contributed by atoms with van der Waals surface area (Å²) in [5, 5.41) is 1.11. The number of nitrogens with zero attached hydrogens (tertiary/aromatic N) is 3. The van der Waals surface area contributed by atoms with Crippen molar-refractivity contribution in [2.45, 2.75) is 12.3 Å². The van der Waals surface area contributed by atoms with Gasteiger partial charge in [0, 0.05) is 15.6 Å². The molecule has 0 bridgehead atoms. The van der Waals surface area contributed by atoms with Gasteiger partial charge in [-0.3, -0.25) is 24.4 Å². The molecule has 10 heteroatoms. The number of aromatic nitrogens is 2. The summed E-state index contributed by atoms with van der Waals surface area (Å²) in [7, 11) is 0. The highest BCUT2D eigenvalue weighted by Crippen LogP contribution is 2.45. The first-order valence-electron chi connectivity index (χ1n) is 15.0. The van der Waals surface area contributed by atoms with Crippen LogP contribution in [0, 0.1) is 12.7 Å². The molecule has 1 aliphatic rings. The van der Waals surface area contributed by atoms with Gasteiger partial charge in [-0.05, 0) is 78.7 Å². The second-order valence-electron chi connectivity index (χ2n) is 11.2. The van der Waals surface area contributed by atoms with E-state index in [1.54, 1.807) is 59.2 Å². The highest BCUT2D eigenvalue weighted by molar-refractivity contribution is 9.10. The van der Waals surface area contributed by atoms with Crippen LogP contribution in [0.5, 0.6) is 0 Å². The van der Waals surface area contributed by atoms with Crippen LogP contribution in [0.3, 0.4) is 0 Å². The fourth-order valence-electron chi connectivity index (χ4n) is 5.44. The van der Waals surface area contributed by atoms with Crippen molar-refractivity contribution in [2.24, 2.45) is 0 Å². The van der Waals surface area contributed by atoms with Crippen LogP contribution in [0.25, 0.3) is 34.1 Å². The third-order valence-corrected chi connectivity index (χ3v) is 9.92. The van der Waals surface area contributed by atoms with E-state index in [1.165, 1.54) is 28.9 Å². The van der Waals surface area contributed by atoms with Gasteiger partial charge in [0.05, 0.1) is 21.5 Å². The second-order valence-corrected chi connectivity index (χ2v) is 13.2. The van der Waals surface area contributed by atoms with Crippen molar-refractivity contribution in [1.29, 1.82) is 0 Å². The van der Waals surface area contributed by atoms with Crippen molar-refractivity contribution in [3.8, 4) is 17.1 Å². The van der Waals surface area contributed by atoms with Crippen LogP contribution in [-0.4, -0.2) is 26.4 Å². The molecule has 7 nitrogen and oxygen atoms in total. The molecule has 1 N–H and O–H groups in total. The largest absolute Gasteiger partial charge is 0.280 e. The second kappa shape index (κ2) is 13.1. The summed E-state index contributed by atoms with van der Waals surface area (Å²) in [6.45, 7) is 1.99. The van der Waals surface area contributed by atoms with Gasteiger partial charge in [0.2, 0.25) is 0 Å². The summed E-state index contributed by atoms with van der Waals surface area (Å²) >= 11 is 4.78. The summed E-state index contributed by atoms with van der Waals surface area (Å²) in [5.41, 5.74) is 7.23. The summed E-state index contributed by atoms with van der Waals surface area (Å²) in [4.78, 5) is 46.4. The van der Waals surface area contributed by atoms with E-state index in [9.17, 15) is 18.8 Å². The molecule has 0 radical (unpaired) electrons. The lowest BCUT2D eigenvalue weighted by atomic mass is 10.1. The van der Waals surface area contributed by atoms with E-state index in [1.807, 2.05) is 67.6 Å². The normalized spacial score (nSPS) is 15.3. The van der Waals surface area contributed by atoms with E-state index >= 15 is 0 Å². The van der Waals surface area contributed by atoms with Gasteiger partial charge in [0.1, 0.15) is 17.0 Å². The number of thioether (sulfide) groups is 1. The average Bonchev–Trinajstić information content (AvgIpc) is 3.40. The molecule has 236 valence electrons. The number of carbonyl (C=O) groups excluding carboxylic acids is 2. The maximum atomic E-state index is 13.8. The predicted molar refractivity (Wildman–Crippen MR) is 191 cm³/mol. The molecule has 1 fully saturated rings. The zero-order valence-electron chi connectivity index (χ0n) is 25.4. The average molecular weight is 718 g/mol. The first-order chi connectivity index (χ1) is 23.3. The number of amides is 2. The van der Waals surface area contributed by atoms with Crippen molar-refractivity contribution < 1.29 is 14.0 Å². The Balaban J connectivity index is 1.22. The number of para-hydroxylation sites is 1. The van der Waals surface area contributed by atoms with Crippen molar-refractivity contribution >= 4 is 56.5 Å². The molecule has 1 aliphatic heterocycles. The van der Waals surface area contributed by atoms with Crippen molar-refractivity contribution in [1.82, 2.24) is 20.0 Å². The van der Waals surface area contributed by atoms with E-state index < -0.39 is 23.0 Å². The van der Waals surface area contributed by atoms with Gasteiger partial charge in [0.25, 0.3) is 17.4 Å². The summed E-state index contributed by atoms with van der Waals surface area (Å²) in [5.74, 6) is -0.847. The number of hydrazine groups is 1. The van der Waals surface area contributed by atoms with E-state index in [0.717, 1.165) is 21.2 Å². The van der Waals surface area contributed by atoms with Gasteiger partial charge in [-0.1, -0.05) is 100.0 Å². The third kappa shape index (κ3) is 6.08. The minimum atomic E-state index is -0.630. The molecule has 2 heterocycles. The van der Waals surface area contributed by atoms with Gasteiger partial charge in [-0.25, -0.2) is 14.4 Å². The third-order valence-electron chi connectivity index (χ3n) is 7.94. The Hall–Kier alpha value is -5.32. The highest BCUT2D eigenvalue weighted by atomic mass is 79.9. The van der Waals surface area contributed by atoms with E-state index in [4.69, 9.17) is 4.98 Å². The first-order valence-corrected chi connectivity index (χ1v) is 16.7. The molecule has 1 saturated heterocycles. The molecule has 7 rings (SSSR count). The molecule has 1 atom stereocenters. The number of hydrogen-bond donors (Lipinski definition) is 1. The maximum Gasteiger partial charge on any atom is 0.280 e. The Labute approximate surface area is 287 Å². The Morgan fingerprint density at radius 3 is 2.29 bits per heavy atom. The zero-order valence-corrected chi connectivity index (χ0v) is 27.8. The van der Waals surface area contributed by atoms with E-state index in [-0.39, 0.29) is 11.1 Å². The summed E-state index contributed by atoms with van der Waals surface area (Å²) in [6, 6.07) is 34.9.